The van der Waals surface area contributed by atoms with Gasteiger partial charge in [0.15, 0.2) is 0 Å². The van der Waals surface area contributed by atoms with Crippen LogP contribution in [0.4, 0.5) is 0 Å². The van der Waals surface area contributed by atoms with Crippen LogP contribution in [0.5, 0.6) is 0 Å². The van der Waals surface area contributed by atoms with Gasteiger partial charge in [0, 0.05) is 25.7 Å². The third-order valence-corrected chi connectivity index (χ3v) is 4.47. The summed E-state index contributed by atoms with van der Waals surface area (Å²) in [6.07, 6.45) is 1.38. The molecule has 0 aromatic heterocycles. The highest BCUT2D eigenvalue weighted by molar-refractivity contribution is 5.98. The van der Waals surface area contributed by atoms with E-state index in [1.165, 1.54) is 36.2 Å². The Kier molecular flexibility index (Phi) is 6.92. The van der Waals surface area contributed by atoms with Crippen molar-refractivity contribution in [2.45, 2.75) is 19.8 Å². The standard InChI is InChI=1S/C19H24N2O6/c1-3-27-19(26)15-8-5-9-21(11-15)16(22)12-20(2)17(23)13-6-4-7-14(10-13)18(24)25/h4,6-7,10,15H,3,5,8-9,11-12H2,1-2H3,(H,24,25). The van der Waals surface area contributed by atoms with Crippen molar-refractivity contribution in [3.05, 3.63) is 35.4 Å². The van der Waals surface area contributed by atoms with Crippen LogP contribution in [0.2, 0.25) is 0 Å². The third kappa shape index (κ3) is 5.29. The van der Waals surface area contributed by atoms with Gasteiger partial charge in [-0.25, -0.2) is 4.79 Å². The Labute approximate surface area is 157 Å². The molecule has 0 bridgehead atoms. The Balaban J connectivity index is 1.98. The van der Waals surface area contributed by atoms with Crippen LogP contribution in [0.15, 0.2) is 24.3 Å². The summed E-state index contributed by atoms with van der Waals surface area (Å²) in [5.74, 6) is -2.46. The molecule has 1 heterocycles. The van der Waals surface area contributed by atoms with Crippen LogP contribution in [0.3, 0.4) is 0 Å². The molecule has 0 aliphatic carbocycles. The first-order valence-electron chi connectivity index (χ1n) is 8.86. The molecule has 8 heteroatoms. The highest BCUT2D eigenvalue weighted by Gasteiger charge is 2.30. The van der Waals surface area contributed by atoms with E-state index in [1.807, 2.05) is 0 Å². The van der Waals surface area contributed by atoms with Crippen LogP contribution in [0.1, 0.15) is 40.5 Å². The molecular weight excluding hydrogens is 352 g/mol. The number of ether oxygens (including phenoxy) is 1. The van der Waals surface area contributed by atoms with Gasteiger partial charge < -0.3 is 19.6 Å². The monoisotopic (exact) mass is 376 g/mol. The first-order chi connectivity index (χ1) is 12.8. The zero-order valence-electron chi connectivity index (χ0n) is 15.5. The molecule has 1 aromatic rings. The molecule has 0 spiro atoms. The number of carboxylic acid groups (broad SMARTS) is 1. The molecule has 1 aromatic carbocycles. The molecule has 1 aliphatic heterocycles. The smallest absolute Gasteiger partial charge is 0.335 e. The first-order valence-corrected chi connectivity index (χ1v) is 8.86. The highest BCUT2D eigenvalue weighted by atomic mass is 16.5. The topological polar surface area (TPSA) is 104 Å². The second-order valence-electron chi connectivity index (χ2n) is 6.48. The Morgan fingerprint density at radius 3 is 2.63 bits per heavy atom. The van der Waals surface area contributed by atoms with Crippen molar-refractivity contribution in [2.24, 2.45) is 5.92 Å². The lowest BCUT2D eigenvalue weighted by molar-refractivity contribution is -0.151. The number of carbonyl (C=O) groups excluding carboxylic acids is 3. The van der Waals surface area contributed by atoms with Crippen molar-refractivity contribution in [1.29, 1.82) is 0 Å². The van der Waals surface area contributed by atoms with Crippen LogP contribution in [-0.4, -0.2) is 71.9 Å². The van der Waals surface area contributed by atoms with Gasteiger partial charge in [0.2, 0.25) is 5.91 Å². The second kappa shape index (κ2) is 9.16. The molecule has 1 saturated heterocycles. The van der Waals surface area contributed by atoms with Crippen molar-refractivity contribution >= 4 is 23.8 Å². The van der Waals surface area contributed by atoms with Gasteiger partial charge in [-0.3, -0.25) is 14.4 Å². The van der Waals surface area contributed by atoms with Crippen molar-refractivity contribution in [3.63, 3.8) is 0 Å². The summed E-state index contributed by atoms with van der Waals surface area (Å²) < 4.78 is 5.03. The molecule has 0 saturated carbocycles. The summed E-state index contributed by atoms with van der Waals surface area (Å²) in [6.45, 7) is 2.71. The molecular formula is C19H24N2O6. The molecule has 2 rings (SSSR count). The normalized spacial score (nSPS) is 16.5. The lowest BCUT2D eigenvalue weighted by atomic mass is 9.98. The largest absolute Gasteiger partial charge is 0.478 e. The van der Waals surface area contributed by atoms with Gasteiger partial charge in [0.25, 0.3) is 5.91 Å². The van der Waals surface area contributed by atoms with Gasteiger partial charge in [-0.2, -0.15) is 0 Å². The molecule has 1 N–H and O–H groups in total. The predicted octanol–water partition coefficient (Wildman–Crippen LogP) is 1.26. The van der Waals surface area contributed by atoms with Gasteiger partial charge >= 0.3 is 11.9 Å². The van der Waals surface area contributed by atoms with Crippen molar-refractivity contribution in [2.75, 3.05) is 33.3 Å². The van der Waals surface area contributed by atoms with Crippen LogP contribution >= 0.6 is 0 Å². The Hall–Kier alpha value is -2.90. The number of likely N-dealkylation sites (N-methyl/N-ethyl adjacent to an activating group) is 1. The molecule has 146 valence electrons. The fraction of sp³-hybridized carbons (Fsp3) is 0.474. The maximum Gasteiger partial charge on any atom is 0.335 e. The van der Waals surface area contributed by atoms with Crippen LogP contribution in [0, 0.1) is 5.92 Å². The number of likely N-dealkylation sites (tertiary alicyclic amines) is 1. The minimum Gasteiger partial charge on any atom is -0.478 e. The summed E-state index contributed by atoms with van der Waals surface area (Å²) in [7, 11) is 1.49. The minimum absolute atomic E-state index is 0.00823. The van der Waals surface area contributed by atoms with E-state index in [0.717, 1.165) is 0 Å². The molecule has 2 amide bonds. The number of benzene rings is 1. The molecule has 1 aliphatic rings. The van der Waals surface area contributed by atoms with E-state index in [1.54, 1.807) is 11.8 Å². The Morgan fingerprint density at radius 1 is 1.26 bits per heavy atom. The summed E-state index contributed by atoms with van der Waals surface area (Å²) >= 11 is 0. The van der Waals surface area contributed by atoms with Gasteiger partial charge in [0.05, 0.1) is 24.6 Å². The van der Waals surface area contributed by atoms with Gasteiger partial charge in [-0.1, -0.05) is 6.07 Å². The van der Waals surface area contributed by atoms with E-state index in [4.69, 9.17) is 9.84 Å². The van der Waals surface area contributed by atoms with E-state index in [-0.39, 0.29) is 42.0 Å². The molecule has 27 heavy (non-hydrogen) atoms. The van der Waals surface area contributed by atoms with Crippen molar-refractivity contribution < 1.29 is 29.0 Å². The Bertz CT molecular complexity index is 733. The number of hydrogen-bond donors (Lipinski definition) is 1. The minimum atomic E-state index is -1.12. The Morgan fingerprint density at radius 2 is 1.96 bits per heavy atom. The maximum atomic E-state index is 12.5. The third-order valence-electron chi connectivity index (χ3n) is 4.47. The number of amides is 2. The van der Waals surface area contributed by atoms with Crippen molar-refractivity contribution in [1.82, 2.24) is 9.80 Å². The van der Waals surface area contributed by atoms with E-state index in [9.17, 15) is 19.2 Å². The highest BCUT2D eigenvalue weighted by Crippen LogP contribution is 2.18. The number of esters is 1. The number of aromatic carboxylic acids is 1. The van der Waals surface area contributed by atoms with Crippen LogP contribution in [-0.2, 0) is 14.3 Å². The average molecular weight is 376 g/mol. The summed E-state index contributed by atoms with van der Waals surface area (Å²) in [6, 6.07) is 5.67. The van der Waals surface area contributed by atoms with E-state index in [2.05, 4.69) is 0 Å². The fourth-order valence-corrected chi connectivity index (χ4v) is 3.04. The number of carboxylic acids is 1. The molecule has 1 fully saturated rings. The SMILES string of the molecule is CCOC(=O)C1CCCN(C(=O)CN(C)C(=O)c2cccc(C(=O)O)c2)C1. The van der Waals surface area contributed by atoms with Gasteiger partial charge in [-0.05, 0) is 38.0 Å². The quantitative estimate of drug-likeness (QED) is 0.750. The zero-order valence-corrected chi connectivity index (χ0v) is 15.5. The lowest BCUT2D eigenvalue weighted by Gasteiger charge is -2.32. The number of piperidine rings is 1. The van der Waals surface area contributed by atoms with Crippen LogP contribution < -0.4 is 0 Å². The van der Waals surface area contributed by atoms with Crippen LogP contribution in [0.25, 0.3) is 0 Å². The number of nitrogens with zero attached hydrogens (tertiary/aromatic N) is 2. The number of hydrogen-bond acceptors (Lipinski definition) is 5. The number of rotatable bonds is 6. The predicted molar refractivity (Wildman–Crippen MR) is 96.3 cm³/mol. The summed E-state index contributed by atoms with van der Waals surface area (Å²) in [4.78, 5) is 50.8. The van der Waals surface area contributed by atoms with E-state index in [0.29, 0.717) is 26.0 Å². The molecule has 8 nitrogen and oxygen atoms in total. The second-order valence-corrected chi connectivity index (χ2v) is 6.48. The maximum absolute atomic E-state index is 12.5. The van der Waals surface area contributed by atoms with Gasteiger partial charge in [0.1, 0.15) is 0 Å². The molecule has 1 unspecified atom stereocenters. The summed E-state index contributed by atoms with van der Waals surface area (Å²) in [5, 5.41) is 9.03. The molecule has 1 atom stereocenters. The first kappa shape index (κ1) is 20.4. The van der Waals surface area contributed by atoms with Gasteiger partial charge in [-0.15, -0.1) is 0 Å². The lowest BCUT2D eigenvalue weighted by Crippen LogP contribution is -2.47. The zero-order chi connectivity index (χ0) is 20.0. The average Bonchev–Trinajstić information content (AvgIpc) is 2.67. The van der Waals surface area contributed by atoms with E-state index >= 15 is 0 Å². The summed E-state index contributed by atoms with van der Waals surface area (Å²) in [5.41, 5.74) is 0.210. The fourth-order valence-electron chi connectivity index (χ4n) is 3.04. The number of carbonyl (C=O) groups is 4. The van der Waals surface area contributed by atoms with Crippen molar-refractivity contribution in [3.8, 4) is 0 Å². The van der Waals surface area contributed by atoms with E-state index < -0.39 is 11.9 Å². The molecule has 0 radical (unpaired) electrons.